The fourth-order valence-corrected chi connectivity index (χ4v) is 3.76. The Balaban J connectivity index is 1.83. The third-order valence-electron chi connectivity index (χ3n) is 4.57. The summed E-state index contributed by atoms with van der Waals surface area (Å²) >= 11 is 5.06. The molecule has 2 aliphatic rings. The number of thiocarbonyl (C=S) groups is 1. The van der Waals surface area contributed by atoms with Gasteiger partial charge in [0, 0.05) is 24.3 Å². The van der Waals surface area contributed by atoms with Crippen molar-refractivity contribution in [3.63, 3.8) is 0 Å². The number of hydrogen-bond acceptors (Lipinski definition) is 3. The predicted molar refractivity (Wildman–Crippen MR) is 82.5 cm³/mol. The number of nitrogens with zero attached hydrogens (tertiary/aromatic N) is 2. The fourth-order valence-electron chi connectivity index (χ4n) is 3.64. The number of pyridine rings is 1. The highest BCUT2D eigenvalue weighted by atomic mass is 32.1. The zero-order valence-corrected chi connectivity index (χ0v) is 12.0. The van der Waals surface area contributed by atoms with E-state index in [-0.39, 0.29) is 0 Å². The van der Waals surface area contributed by atoms with Crippen LogP contribution in [0.3, 0.4) is 0 Å². The van der Waals surface area contributed by atoms with Crippen LogP contribution in [0.15, 0.2) is 18.3 Å². The Bertz CT molecular complexity index is 468. The molecule has 1 aliphatic heterocycles. The first-order valence-corrected chi connectivity index (χ1v) is 7.69. The van der Waals surface area contributed by atoms with E-state index >= 15 is 0 Å². The van der Waals surface area contributed by atoms with Crippen molar-refractivity contribution < 1.29 is 0 Å². The molecule has 3 rings (SSSR count). The summed E-state index contributed by atoms with van der Waals surface area (Å²) in [6, 6.07) is 4.62. The molecule has 1 aromatic rings. The van der Waals surface area contributed by atoms with E-state index in [1.165, 1.54) is 38.5 Å². The molecule has 102 valence electrons. The average Bonchev–Trinajstić information content (AvgIpc) is 3.09. The van der Waals surface area contributed by atoms with Crippen molar-refractivity contribution in [1.29, 1.82) is 0 Å². The molecule has 19 heavy (non-hydrogen) atoms. The van der Waals surface area contributed by atoms with Gasteiger partial charge in [-0.3, -0.25) is 0 Å². The van der Waals surface area contributed by atoms with Crippen LogP contribution in [0.2, 0.25) is 0 Å². The first kappa shape index (κ1) is 12.9. The number of rotatable bonds is 3. The molecule has 1 aromatic heterocycles. The van der Waals surface area contributed by atoms with E-state index in [4.69, 9.17) is 18.0 Å². The second kappa shape index (κ2) is 5.45. The van der Waals surface area contributed by atoms with Gasteiger partial charge in [0.1, 0.15) is 10.8 Å². The molecule has 1 saturated heterocycles. The summed E-state index contributed by atoms with van der Waals surface area (Å²) in [5, 5.41) is 0. The number of aromatic nitrogens is 1. The number of nitrogens with two attached hydrogens (primary N) is 1. The van der Waals surface area contributed by atoms with E-state index in [0.29, 0.717) is 11.0 Å². The van der Waals surface area contributed by atoms with Crippen LogP contribution in [0.25, 0.3) is 0 Å². The van der Waals surface area contributed by atoms with Crippen molar-refractivity contribution in [2.45, 2.75) is 44.6 Å². The summed E-state index contributed by atoms with van der Waals surface area (Å²) < 4.78 is 0. The van der Waals surface area contributed by atoms with Gasteiger partial charge in [0.15, 0.2) is 0 Å². The Morgan fingerprint density at radius 1 is 1.26 bits per heavy atom. The monoisotopic (exact) mass is 275 g/mol. The normalized spacial score (nSPS) is 24.0. The van der Waals surface area contributed by atoms with Crippen LogP contribution in [-0.2, 0) is 0 Å². The van der Waals surface area contributed by atoms with Crippen molar-refractivity contribution in [3.05, 3.63) is 23.9 Å². The molecule has 1 unspecified atom stereocenters. The van der Waals surface area contributed by atoms with Crippen LogP contribution < -0.4 is 10.6 Å². The van der Waals surface area contributed by atoms with Crippen molar-refractivity contribution >= 4 is 23.0 Å². The lowest BCUT2D eigenvalue weighted by molar-refractivity contribution is 0.429. The van der Waals surface area contributed by atoms with Crippen LogP contribution in [0.1, 0.15) is 44.1 Å². The van der Waals surface area contributed by atoms with Crippen molar-refractivity contribution in [2.24, 2.45) is 11.7 Å². The molecule has 1 aliphatic carbocycles. The van der Waals surface area contributed by atoms with Crippen LogP contribution in [0, 0.1) is 5.92 Å². The van der Waals surface area contributed by atoms with Crippen LogP contribution in [-0.4, -0.2) is 22.6 Å². The highest BCUT2D eigenvalue weighted by molar-refractivity contribution is 7.80. The molecule has 0 bridgehead atoms. The maximum atomic E-state index is 5.72. The highest BCUT2D eigenvalue weighted by Crippen LogP contribution is 2.37. The zero-order valence-electron chi connectivity index (χ0n) is 11.2. The van der Waals surface area contributed by atoms with E-state index < -0.39 is 0 Å². The standard InChI is InChI=1S/C15H21N3S/c16-15(19)12-7-8-17-14(10-12)18-9-3-6-13(18)11-4-1-2-5-11/h7-8,10-11,13H,1-6,9H2,(H2,16,19). The lowest BCUT2D eigenvalue weighted by atomic mass is 9.96. The summed E-state index contributed by atoms with van der Waals surface area (Å²) in [5.41, 5.74) is 6.65. The minimum Gasteiger partial charge on any atom is -0.389 e. The predicted octanol–water partition coefficient (Wildman–Crippen LogP) is 2.87. The van der Waals surface area contributed by atoms with Gasteiger partial charge in [-0.15, -0.1) is 0 Å². The molecule has 0 radical (unpaired) electrons. The van der Waals surface area contributed by atoms with Gasteiger partial charge in [0.2, 0.25) is 0 Å². The van der Waals surface area contributed by atoms with E-state index in [1.54, 1.807) is 0 Å². The fraction of sp³-hybridized carbons (Fsp3) is 0.600. The molecule has 0 aromatic carbocycles. The van der Waals surface area contributed by atoms with Crippen LogP contribution >= 0.6 is 12.2 Å². The van der Waals surface area contributed by atoms with Crippen LogP contribution in [0.4, 0.5) is 5.82 Å². The molecule has 0 spiro atoms. The molecule has 2 heterocycles. The average molecular weight is 275 g/mol. The first-order valence-electron chi connectivity index (χ1n) is 7.28. The molecule has 2 fully saturated rings. The van der Waals surface area contributed by atoms with Gasteiger partial charge in [-0.1, -0.05) is 25.1 Å². The maximum Gasteiger partial charge on any atom is 0.129 e. The summed E-state index contributed by atoms with van der Waals surface area (Å²) in [4.78, 5) is 7.48. The Labute approximate surface area is 120 Å². The molecular weight excluding hydrogens is 254 g/mol. The Morgan fingerprint density at radius 2 is 2.05 bits per heavy atom. The largest absolute Gasteiger partial charge is 0.389 e. The van der Waals surface area contributed by atoms with Crippen molar-refractivity contribution in [3.8, 4) is 0 Å². The number of hydrogen-bond donors (Lipinski definition) is 1. The van der Waals surface area contributed by atoms with Gasteiger partial charge < -0.3 is 10.6 Å². The third-order valence-corrected chi connectivity index (χ3v) is 4.80. The van der Waals surface area contributed by atoms with Gasteiger partial charge in [0.25, 0.3) is 0 Å². The van der Waals surface area contributed by atoms with E-state index in [2.05, 4.69) is 16.0 Å². The molecular formula is C15H21N3S. The number of anilines is 1. The molecule has 1 saturated carbocycles. The van der Waals surface area contributed by atoms with Gasteiger partial charge in [-0.05, 0) is 43.7 Å². The molecule has 0 amide bonds. The topological polar surface area (TPSA) is 42.1 Å². The maximum absolute atomic E-state index is 5.72. The molecule has 2 N–H and O–H groups in total. The van der Waals surface area contributed by atoms with Crippen molar-refractivity contribution in [2.75, 3.05) is 11.4 Å². The molecule has 3 nitrogen and oxygen atoms in total. The van der Waals surface area contributed by atoms with Crippen molar-refractivity contribution in [1.82, 2.24) is 4.98 Å². The molecule has 1 atom stereocenters. The lowest BCUT2D eigenvalue weighted by Crippen LogP contribution is -2.35. The zero-order chi connectivity index (χ0) is 13.2. The van der Waals surface area contributed by atoms with Gasteiger partial charge in [-0.25, -0.2) is 4.98 Å². The Kier molecular flexibility index (Phi) is 3.69. The first-order chi connectivity index (χ1) is 9.25. The minimum absolute atomic E-state index is 0.459. The van der Waals surface area contributed by atoms with Gasteiger partial charge in [-0.2, -0.15) is 0 Å². The second-order valence-electron chi connectivity index (χ2n) is 5.71. The highest BCUT2D eigenvalue weighted by Gasteiger charge is 2.33. The van der Waals surface area contributed by atoms with E-state index in [0.717, 1.165) is 23.8 Å². The Hall–Kier alpha value is -1.16. The Morgan fingerprint density at radius 3 is 2.79 bits per heavy atom. The van der Waals surface area contributed by atoms with E-state index in [9.17, 15) is 0 Å². The lowest BCUT2D eigenvalue weighted by Gasteiger charge is -2.30. The smallest absolute Gasteiger partial charge is 0.129 e. The summed E-state index contributed by atoms with van der Waals surface area (Å²) in [5.74, 6) is 1.91. The third kappa shape index (κ3) is 2.59. The minimum atomic E-state index is 0.459. The summed E-state index contributed by atoms with van der Waals surface area (Å²) in [6.45, 7) is 1.12. The van der Waals surface area contributed by atoms with Crippen LogP contribution in [0.5, 0.6) is 0 Å². The van der Waals surface area contributed by atoms with Gasteiger partial charge in [0.05, 0.1) is 0 Å². The van der Waals surface area contributed by atoms with E-state index in [1.807, 2.05) is 12.3 Å². The SMILES string of the molecule is NC(=S)c1ccnc(N2CCCC2C2CCCC2)c1. The summed E-state index contributed by atoms with van der Waals surface area (Å²) in [6.07, 6.45) is 9.98. The second-order valence-corrected chi connectivity index (χ2v) is 6.15. The van der Waals surface area contributed by atoms with Gasteiger partial charge >= 0.3 is 0 Å². The molecule has 4 heteroatoms. The summed E-state index contributed by atoms with van der Waals surface area (Å²) in [7, 11) is 0. The quantitative estimate of drug-likeness (QED) is 0.861.